The Hall–Kier alpha value is -0.0900. The van der Waals surface area contributed by atoms with E-state index in [2.05, 4.69) is 23.3 Å². The van der Waals surface area contributed by atoms with Crippen molar-refractivity contribution >= 4 is 22.9 Å². The molecule has 0 aliphatic carbocycles. The van der Waals surface area contributed by atoms with Crippen LogP contribution in [0.25, 0.3) is 0 Å². The summed E-state index contributed by atoms with van der Waals surface area (Å²) in [7, 11) is 0. The zero-order chi connectivity index (χ0) is 10.8. The van der Waals surface area contributed by atoms with Gasteiger partial charge in [0, 0.05) is 19.1 Å². The second kappa shape index (κ2) is 4.83. The summed E-state index contributed by atoms with van der Waals surface area (Å²) in [4.78, 5) is 2.48. The van der Waals surface area contributed by atoms with E-state index in [1.165, 1.54) is 12.0 Å². The summed E-state index contributed by atoms with van der Waals surface area (Å²) in [6.07, 6.45) is 1.22. The lowest BCUT2D eigenvalue weighted by Gasteiger charge is -2.20. The topological polar surface area (TPSA) is 29.3 Å². The van der Waals surface area contributed by atoms with Gasteiger partial charge in [-0.05, 0) is 42.8 Å². The number of hydrogen-bond acceptors (Lipinski definition) is 3. The highest BCUT2D eigenvalue weighted by Gasteiger charge is 2.28. The Labute approximate surface area is 100 Å². The molecule has 0 saturated carbocycles. The van der Waals surface area contributed by atoms with Crippen LogP contribution in [-0.2, 0) is 6.54 Å². The monoisotopic (exact) mass is 244 g/mol. The molecular weight excluding hydrogens is 228 g/mol. The van der Waals surface area contributed by atoms with E-state index < -0.39 is 0 Å². The highest BCUT2D eigenvalue weighted by Crippen LogP contribution is 2.28. The molecule has 2 atom stereocenters. The Kier molecular flexibility index (Phi) is 3.67. The van der Waals surface area contributed by atoms with Crippen molar-refractivity contribution in [2.24, 2.45) is 11.7 Å². The third-order valence-electron chi connectivity index (χ3n) is 3.19. The molecule has 2 nitrogen and oxygen atoms in total. The molecule has 1 aliphatic rings. The number of nitrogens with two attached hydrogens (primary N) is 1. The predicted octanol–water partition coefficient (Wildman–Crippen LogP) is 2.57. The summed E-state index contributed by atoms with van der Waals surface area (Å²) in [5.74, 6) is 0.664. The predicted molar refractivity (Wildman–Crippen MR) is 66.4 cm³/mol. The van der Waals surface area contributed by atoms with E-state index in [0.717, 1.165) is 24.0 Å². The average Bonchev–Trinajstić information content (AvgIpc) is 2.76. The minimum atomic E-state index is 0.634. The molecule has 0 bridgehead atoms. The van der Waals surface area contributed by atoms with Crippen LogP contribution in [-0.4, -0.2) is 24.0 Å². The molecule has 1 aromatic heterocycles. The van der Waals surface area contributed by atoms with E-state index >= 15 is 0 Å². The zero-order valence-electron chi connectivity index (χ0n) is 8.95. The van der Waals surface area contributed by atoms with Gasteiger partial charge in [-0.1, -0.05) is 11.6 Å². The molecule has 84 valence electrons. The molecule has 15 heavy (non-hydrogen) atoms. The van der Waals surface area contributed by atoms with Gasteiger partial charge in [0.15, 0.2) is 0 Å². The van der Waals surface area contributed by atoms with Crippen LogP contribution >= 0.6 is 22.9 Å². The van der Waals surface area contributed by atoms with Crippen LogP contribution in [0.4, 0.5) is 0 Å². The highest BCUT2D eigenvalue weighted by molar-refractivity contribution is 7.14. The normalized spacial score (nSPS) is 27.4. The third-order valence-corrected chi connectivity index (χ3v) is 4.44. The first-order chi connectivity index (χ1) is 7.20. The van der Waals surface area contributed by atoms with E-state index in [1.807, 2.05) is 0 Å². The van der Waals surface area contributed by atoms with Crippen LogP contribution in [0.15, 0.2) is 11.4 Å². The fourth-order valence-corrected chi connectivity index (χ4v) is 3.17. The number of nitrogens with zero attached hydrogens (tertiary/aromatic N) is 1. The third kappa shape index (κ3) is 2.53. The van der Waals surface area contributed by atoms with Gasteiger partial charge < -0.3 is 5.73 Å². The Morgan fingerprint density at radius 3 is 3.00 bits per heavy atom. The van der Waals surface area contributed by atoms with Crippen LogP contribution in [0.5, 0.6) is 0 Å². The van der Waals surface area contributed by atoms with Crippen molar-refractivity contribution < 1.29 is 0 Å². The standard InChI is InChI=1S/C11H17ClN2S/c1-8-4-9(5-13)6-14(8)7-10-2-3-15-11(10)12/h2-3,8-9H,4-7,13H2,1H3. The number of thiophene rings is 1. The summed E-state index contributed by atoms with van der Waals surface area (Å²) in [6, 6.07) is 2.75. The highest BCUT2D eigenvalue weighted by atomic mass is 35.5. The molecular formula is C11H17ClN2S. The van der Waals surface area contributed by atoms with Gasteiger partial charge in [-0.15, -0.1) is 11.3 Å². The largest absolute Gasteiger partial charge is 0.330 e. The van der Waals surface area contributed by atoms with Crippen LogP contribution in [0, 0.1) is 5.92 Å². The first-order valence-corrected chi connectivity index (χ1v) is 6.62. The quantitative estimate of drug-likeness (QED) is 0.886. The van der Waals surface area contributed by atoms with E-state index in [1.54, 1.807) is 11.3 Å². The van der Waals surface area contributed by atoms with Gasteiger partial charge in [-0.2, -0.15) is 0 Å². The summed E-state index contributed by atoms with van der Waals surface area (Å²) in [6.45, 7) is 5.16. The second-order valence-electron chi connectivity index (χ2n) is 4.34. The van der Waals surface area contributed by atoms with Crippen molar-refractivity contribution in [1.82, 2.24) is 4.90 Å². The van der Waals surface area contributed by atoms with E-state index in [4.69, 9.17) is 17.3 Å². The van der Waals surface area contributed by atoms with Gasteiger partial charge in [0.25, 0.3) is 0 Å². The maximum absolute atomic E-state index is 6.10. The van der Waals surface area contributed by atoms with Gasteiger partial charge in [0.05, 0.1) is 4.34 Å². The molecule has 1 fully saturated rings. The summed E-state index contributed by atoms with van der Waals surface area (Å²) in [5.41, 5.74) is 6.97. The Bertz CT molecular complexity index is 326. The maximum atomic E-state index is 6.10. The average molecular weight is 245 g/mol. The smallest absolute Gasteiger partial charge is 0.0973 e. The molecule has 1 saturated heterocycles. The lowest BCUT2D eigenvalue weighted by atomic mass is 10.1. The maximum Gasteiger partial charge on any atom is 0.0973 e. The van der Waals surface area contributed by atoms with Crippen LogP contribution in [0.2, 0.25) is 4.34 Å². The molecule has 1 aromatic rings. The fraction of sp³-hybridized carbons (Fsp3) is 0.636. The van der Waals surface area contributed by atoms with Crippen molar-refractivity contribution in [3.8, 4) is 0 Å². The van der Waals surface area contributed by atoms with Gasteiger partial charge in [-0.25, -0.2) is 0 Å². The molecule has 2 N–H and O–H groups in total. The van der Waals surface area contributed by atoms with Crippen molar-refractivity contribution in [3.63, 3.8) is 0 Å². The molecule has 0 aromatic carbocycles. The van der Waals surface area contributed by atoms with Crippen LogP contribution < -0.4 is 5.73 Å². The Balaban J connectivity index is 1.98. The van der Waals surface area contributed by atoms with E-state index in [0.29, 0.717) is 12.0 Å². The number of hydrogen-bond donors (Lipinski definition) is 1. The molecule has 4 heteroatoms. The summed E-state index contributed by atoms with van der Waals surface area (Å²) in [5, 5.41) is 2.05. The van der Waals surface area contributed by atoms with Gasteiger partial charge in [0.2, 0.25) is 0 Å². The van der Waals surface area contributed by atoms with Crippen molar-refractivity contribution in [2.75, 3.05) is 13.1 Å². The molecule has 0 radical (unpaired) electrons. The number of rotatable bonds is 3. The molecule has 1 aliphatic heterocycles. The Morgan fingerprint density at radius 2 is 2.47 bits per heavy atom. The van der Waals surface area contributed by atoms with Crippen molar-refractivity contribution in [1.29, 1.82) is 0 Å². The lowest BCUT2D eigenvalue weighted by Crippen LogP contribution is -2.27. The fourth-order valence-electron chi connectivity index (χ4n) is 2.26. The first-order valence-electron chi connectivity index (χ1n) is 5.36. The first kappa shape index (κ1) is 11.4. The molecule has 0 spiro atoms. The summed E-state index contributed by atoms with van der Waals surface area (Å²) < 4.78 is 0.929. The SMILES string of the molecule is CC1CC(CN)CN1Cc1ccsc1Cl. The second-order valence-corrected chi connectivity index (χ2v) is 5.85. The summed E-state index contributed by atoms with van der Waals surface area (Å²) >= 11 is 7.71. The number of likely N-dealkylation sites (tertiary alicyclic amines) is 1. The minimum Gasteiger partial charge on any atom is -0.330 e. The van der Waals surface area contributed by atoms with Crippen molar-refractivity contribution in [3.05, 3.63) is 21.3 Å². The zero-order valence-corrected chi connectivity index (χ0v) is 10.5. The minimum absolute atomic E-state index is 0.634. The molecule has 2 heterocycles. The molecule has 2 rings (SSSR count). The number of halogens is 1. The van der Waals surface area contributed by atoms with Gasteiger partial charge in [-0.3, -0.25) is 4.90 Å². The lowest BCUT2D eigenvalue weighted by molar-refractivity contribution is 0.256. The van der Waals surface area contributed by atoms with Crippen LogP contribution in [0.3, 0.4) is 0 Å². The van der Waals surface area contributed by atoms with Gasteiger partial charge in [0.1, 0.15) is 0 Å². The molecule has 0 amide bonds. The van der Waals surface area contributed by atoms with Crippen LogP contribution in [0.1, 0.15) is 18.9 Å². The molecule has 2 unspecified atom stereocenters. The van der Waals surface area contributed by atoms with E-state index in [-0.39, 0.29) is 0 Å². The van der Waals surface area contributed by atoms with E-state index in [9.17, 15) is 0 Å². The van der Waals surface area contributed by atoms with Gasteiger partial charge >= 0.3 is 0 Å². The van der Waals surface area contributed by atoms with Crippen molar-refractivity contribution in [2.45, 2.75) is 25.9 Å². The Morgan fingerprint density at radius 1 is 1.67 bits per heavy atom.